The number of nitriles is 1. The average molecular weight is 414 g/mol. The summed E-state index contributed by atoms with van der Waals surface area (Å²) in [5, 5.41) is 21.1. The quantitative estimate of drug-likeness (QED) is 0.265. The molecule has 0 aliphatic carbocycles. The van der Waals surface area contributed by atoms with Crippen LogP contribution >= 0.6 is 0 Å². The highest BCUT2D eigenvalue weighted by molar-refractivity contribution is 5.90. The van der Waals surface area contributed by atoms with Crippen LogP contribution in [0.1, 0.15) is 22.7 Å². The molecule has 2 aromatic heterocycles. The molecule has 0 spiro atoms. The largest absolute Gasteiger partial charge is 0.497 e. The number of nitrogens with one attached hydrogen (secondary N) is 1. The summed E-state index contributed by atoms with van der Waals surface area (Å²) in [6, 6.07) is 13.9. The summed E-state index contributed by atoms with van der Waals surface area (Å²) in [6.45, 7) is 4.02. The second-order valence-electron chi connectivity index (χ2n) is 7.05. The predicted molar refractivity (Wildman–Crippen MR) is 116 cm³/mol. The molecular formula is C23H18N4O4. The van der Waals surface area contributed by atoms with Crippen LogP contribution < -0.4 is 4.74 Å². The third-order valence-corrected chi connectivity index (χ3v) is 5.05. The van der Waals surface area contributed by atoms with Gasteiger partial charge in [-0.2, -0.15) is 5.26 Å². The topological polar surface area (TPSA) is 118 Å². The van der Waals surface area contributed by atoms with Crippen LogP contribution in [-0.2, 0) is 0 Å². The highest BCUT2D eigenvalue weighted by Crippen LogP contribution is 2.34. The van der Waals surface area contributed by atoms with Crippen molar-refractivity contribution in [2.24, 2.45) is 0 Å². The molecule has 8 nitrogen and oxygen atoms in total. The maximum Gasteiger partial charge on any atom is 0.284 e. The number of aromatic nitrogens is 2. The van der Waals surface area contributed by atoms with Crippen LogP contribution in [0.4, 0.5) is 5.69 Å². The van der Waals surface area contributed by atoms with Crippen molar-refractivity contribution in [2.45, 2.75) is 13.8 Å². The van der Waals surface area contributed by atoms with E-state index in [0.29, 0.717) is 28.7 Å². The number of fused-ring (bicyclic) bond motifs is 1. The number of nitro groups is 1. The van der Waals surface area contributed by atoms with Gasteiger partial charge in [-0.1, -0.05) is 0 Å². The van der Waals surface area contributed by atoms with E-state index in [1.165, 1.54) is 13.2 Å². The maximum absolute atomic E-state index is 11.5. The zero-order chi connectivity index (χ0) is 22.1. The highest BCUT2D eigenvalue weighted by atomic mass is 16.6. The molecule has 0 fully saturated rings. The van der Waals surface area contributed by atoms with E-state index in [9.17, 15) is 15.4 Å². The molecule has 0 aliphatic heterocycles. The van der Waals surface area contributed by atoms with Gasteiger partial charge >= 0.3 is 0 Å². The monoisotopic (exact) mass is 414 g/mol. The summed E-state index contributed by atoms with van der Waals surface area (Å²) in [4.78, 5) is 18.6. The Morgan fingerprint density at radius 3 is 2.71 bits per heavy atom. The third kappa shape index (κ3) is 3.76. The van der Waals surface area contributed by atoms with E-state index >= 15 is 0 Å². The fraction of sp³-hybridized carbons (Fsp3) is 0.130. The van der Waals surface area contributed by atoms with Crippen LogP contribution in [0.5, 0.6) is 5.75 Å². The van der Waals surface area contributed by atoms with E-state index in [0.717, 1.165) is 22.2 Å². The van der Waals surface area contributed by atoms with Gasteiger partial charge in [0, 0.05) is 6.08 Å². The smallest absolute Gasteiger partial charge is 0.284 e. The van der Waals surface area contributed by atoms with Gasteiger partial charge in [0.25, 0.3) is 5.69 Å². The van der Waals surface area contributed by atoms with Gasteiger partial charge in [-0.25, -0.2) is 4.98 Å². The number of nitro benzene ring substituents is 1. The minimum absolute atomic E-state index is 0.132. The first-order chi connectivity index (χ1) is 14.9. The Hall–Kier alpha value is -4.38. The van der Waals surface area contributed by atoms with Gasteiger partial charge in [0.15, 0.2) is 0 Å². The molecule has 8 heteroatoms. The number of imidazole rings is 1. The highest BCUT2D eigenvalue weighted by Gasteiger charge is 2.19. The van der Waals surface area contributed by atoms with E-state index in [1.807, 2.05) is 26.0 Å². The Morgan fingerprint density at radius 1 is 1.23 bits per heavy atom. The Kier molecular flexibility index (Phi) is 5.01. The first-order valence-electron chi connectivity index (χ1n) is 9.41. The molecule has 0 radical (unpaired) electrons. The second-order valence-corrected chi connectivity index (χ2v) is 7.05. The van der Waals surface area contributed by atoms with Crippen LogP contribution in [0.25, 0.3) is 34.0 Å². The van der Waals surface area contributed by atoms with Gasteiger partial charge in [0.05, 0.1) is 40.3 Å². The van der Waals surface area contributed by atoms with E-state index in [1.54, 1.807) is 30.3 Å². The minimum Gasteiger partial charge on any atom is -0.497 e. The molecule has 4 rings (SSSR count). The summed E-state index contributed by atoms with van der Waals surface area (Å²) < 4.78 is 10.9. The van der Waals surface area contributed by atoms with Gasteiger partial charge in [-0.05, 0) is 61.4 Å². The number of nitrogens with zero attached hydrogens (tertiary/aromatic N) is 3. The number of ether oxygens (including phenoxy) is 1. The molecule has 0 saturated carbocycles. The normalized spacial score (nSPS) is 11.5. The van der Waals surface area contributed by atoms with Crippen molar-refractivity contribution in [2.75, 3.05) is 7.11 Å². The first kappa shape index (κ1) is 19.9. The number of methoxy groups -OCH3 is 1. The molecule has 0 atom stereocenters. The van der Waals surface area contributed by atoms with Gasteiger partial charge in [-0.15, -0.1) is 0 Å². The molecule has 0 unspecified atom stereocenters. The van der Waals surface area contributed by atoms with E-state index in [4.69, 9.17) is 9.15 Å². The Balaban J connectivity index is 1.72. The maximum atomic E-state index is 11.5. The van der Waals surface area contributed by atoms with E-state index < -0.39 is 4.92 Å². The molecule has 1 N–H and O–H groups in total. The van der Waals surface area contributed by atoms with Gasteiger partial charge < -0.3 is 14.1 Å². The number of H-pyrrole nitrogens is 1. The lowest BCUT2D eigenvalue weighted by molar-refractivity contribution is -0.384. The van der Waals surface area contributed by atoms with Crippen molar-refractivity contribution >= 4 is 28.4 Å². The van der Waals surface area contributed by atoms with E-state index in [2.05, 4.69) is 16.0 Å². The van der Waals surface area contributed by atoms with Crippen LogP contribution in [0, 0.1) is 35.3 Å². The SMILES string of the molecule is COc1ccc(-c2ccc(C=C(C#N)c3nc4cc(C)c(C)cc4[nH]3)o2)c([N+](=O)[O-])c1. The summed E-state index contributed by atoms with van der Waals surface area (Å²) in [5.74, 6) is 1.50. The third-order valence-electron chi connectivity index (χ3n) is 5.05. The number of aryl methyl sites for hydroxylation is 2. The fourth-order valence-corrected chi connectivity index (χ4v) is 3.27. The number of aromatic amines is 1. The van der Waals surface area contributed by atoms with Crippen molar-refractivity contribution < 1.29 is 14.1 Å². The van der Waals surface area contributed by atoms with Crippen molar-refractivity contribution in [1.29, 1.82) is 5.26 Å². The molecule has 2 aromatic carbocycles. The zero-order valence-corrected chi connectivity index (χ0v) is 17.1. The van der Waals surface area contributed by atoms with Gasteiger partial charge in [-0.3, -0.25) is 10.1 Å². The standard InChI is InChI=1S/C23H18N4O4/c1-13-8-19-20(9-14(13)2)26-23(25-19)15(12-24)10-17-5-7-22(31-17)18-6-4-16(30-3)11-21(18)27(28)29/h4-11H,1-3H3,(H,25,26). The summed E-state index contributed by atoms with van der Waals surface area (Å²) >= 11 is 0. The molecule has 0 saturated heterocycles. The lowest BCUT2D eigenvalue weighted by Crippen LogP contribution is -1.93. The molecular weight excluding hydrogens is 396 g/mol. The van der Waals surface area contributed by atoms with Gasteiger partial charge in [0.1, 0.15) is 29.2 Å². The lowest BCUT2D eigenvalue weighted by Gasteiger charge is -2.03. The Morgan fingerprint density at radius 2 is 2.00 bits per heavy atom. The lowest BCUT2D eigenvalue weighted by atomic mass is 10.1. The summed E-state index contributed by atoms with van der Waals surface area (Å²) in [7, 11) is 1.44. The molecule has 31 heavy (non-hydrogen) atoms. The first-order valence-corrected chi connectivity index (χ1v) is 9.41. The Labute approximate surface area is 177 Å². The number of furan rings is 1. The van der Waals surface area contributed by atoms with Crippen molar-refractivity contribution in [3.63, 3.8) is 0 Å². The Bertz CT molecular complexity index is 1350. The molecule has 0 aliphatic rings. The molecule has 0 amide bonds. The minimum atomic E-state index is -0.491. The summed E-state index contributed by atoms with van der Waals surface area (Å²) in [6.07, 6.45) is 1.55. The molecule has 2 heterocycles. The fourth-order valence-electron chi connectivity index (χ4n) is 3.27. The number of allylic oxidation sites excluding steroid dienone is 1. The van der Waals surface area contributed by atoms with Crippen LogP contribution in [0.2, 0.25) is 0 Å². The number of benzene rings is 2. The van der Waals surface area contributed by atoms with Crippen molar-refractivity contribution in [3.8, 4) is 23.1 Å². The molecule has 0 bridgehead atoms. The van der Waals surface area contributed by atoms with Crippen LogP contribution in [0.15, 0.2) is 46.9 Å². The van der Waals surface area contributed by atoms with Gasteiger partial charge in [0.2, 0.25) is 0 Å². The molecule has 4 aromatic rings. The van der Waals surface area contributed by atoms with Crippen LogP contribution in [-0.4, -0.2) is 22.0 Å². The predicted octanol–water partition coefficient (Wildman–Crippen LogP) is 5.42. The number of hydrogen-bond acceptors (Lipinski definition) is 6. The van der Waals surface area contributed by atoms with Crippen molar-refractivity contribution in [1.82, 2.24) is 9.97 Å². The molecule has 154 valence electrons. The van der Waals surface area contributed by atoms with Crippen LogP contribution in [0.3, 0.4) is 0 Å². The number of hydrogen-bond donors (Lipinski definition) is 1. The summed E-state index contributed by atoms with van der Waals surface area (Å²) in [5.41, 5.74) is 4.33. The van der Waals surface area contributed by atoms with E-state index in [-0.39, 0.29) is 11.3 Å². The average Bonchev–Trinajstić information content (AvgIpc) is 3.38. The number of rotatable bonds is 5. The zero-order valence-electron chi connectivity index (χ0n) is 17.1. The second kappa shape index (κ2) is 7.80. The van der Waals surface area contributed by atoms with Crippen molar-refractivity contribution in [3.05, 3.63) is 75.3 Å².